The molecule has 0 saturated carbocycles. The molecule has 0 aliphatic heterocycles. The number of aromatic nitrogens is 1. The number of carbonyl (C=O) groups is 1. The third-order valence-corrected chi connectivity index (χ3v) is 2.70. The number of aryl methyl sites for hydroxylation is 1. The molecule has 18 heavy (non-hydrogen) atoms. The molecule has 1 atom stereocenters. The van der Waals surface area contributed by atoms with Crippen molar-refractivity contribution in [1.82, 2.24) is 4.98 Å². The van der Waals surface area contributed by atoms with Gasteiger partial charge in [0.15, 0.2) is 0 Å². The van der Waals surface area contributed by atoms with Crippen LogP contribution in [0.4, 0.5) is 5.82 Å². The summed E-state index contributed by atoms with van der Waals surface area (Å²) in [6.45, 7) is 3.97. The molecular weight excluding hydrogens is 228 g/mol. The van der Waals surface area contributed by atoms with Crippen molar-refractivity contribution in [1.29, 1.82) is 0 Å². The minimum Gasteiger partial charge on any atom is -0.478 e. The van der Waals surface area contributed by atoms with E-state index in [1.807, 2.05) is 13.8 Å². The van der Waals surface area contributed by atoms with E-state index in [1.54, 1.807) is 12.1 Å². The van der Waals surface area contributed by atoms with E-state index < -0.39 is 5.97 Å². The number of nitrogens with zero attached hydrogens (tertiary/aromatic N) is 1. The van der Waals surface area contributed by atoms with E-state index in [0.29, 0.717) is 18.7 Å². The number of pyridine rings is 1. The molecule has 0 radical (unpaired) electrons. The smallest absolute Gasteiger partial charge is 0.335 e. The molecule has 1 rings (SSSR count). The van der Waals surface area contributed by atoms with Gasteiger partial charge in [-0.2, -0.15) is 0 Å². The molecular formula is C14H18N2O2. The SMILES string of the molecule is C#CCC(CC)Nc1cc(C(=O)O)cc(CC)n1. The number of hydrogen-bond acceptors (Lipinski definition) is 3. The van der Waals surface area contributed by atoms with Crippen LogP contribution in [0.1, 0.15) is 42.7 Å². The first-order valence-electron chi connectivity index (χ1n) is 6.04. The van der Waals surface area contributed by atoms with Crippen molar-refractivity contribution in [2.24, 2.45) is 0 Å². The van der Waals surface area contributed by atoms with Gasteiger partial charge in [-0.25, -0.2) is 9.78 Å². The Morgan fingerprint density at radius 1 is 1.56 bits per heavy atom. The molecule has 0 bridgehead atoms. The van der Waals surface area contributed by atoms with Crippen molar-refractivity contribution < 1.29 is 9.90 Å². The number of nitrogens with one attached hydrogen (secondary N) is 1. The quantitative estimate of drug-likeness (QED) is 0.757. The summed E-state index contributed by atoms with van der Waals surface area (Å²) in [6, 6.07) is 3.26. The van der Waals surface area contributed by atoms with Crippen LogP contribution < -0.4 is 5.32 Å². The third-order valence-electron chi connectivity index (χ3n) is 2.70. The van der Waals surface area contributed by atoms with Crippen LogP contribution in [0.25, 0.3) is 0 Å². The molecule has 96 valence electrons. The van der Waals surface area contributed by atoms with Crippen LogP contribution in [-0.4, -0.2) is 22.1 Å². The molecule has 0 saturated heterocycles. The number of rotatable bonds is 6. The van der Waals surface area contributed by atoms with Gasteiger partial charge in [0.1, 0.15) is 5.82 Å². The molecule has 0 aliphatic rings. The zero-order chi connectivity index (χ0) is 13.5. The van der Waals surface area contributed by atoms with Crippen molar-refractivity contribution in [3.05, 3.63) is 23.4 Å². The highest BCUT2D eigenvalue weighted by Crippen LogP contribution is 2.14. The maximum Gasteiger partial charge on any atom is 0.335 e. The molecule has 4 heteroatoms. The Bertz CT molecular complexity index is 463. The second-order valence-electron chi connectivity index (χ2n) is 4.05. The number of terminal acetylenes is 1. The van der Waals surface area contributed by atoms with Crippen LogP contribution in [0.5, 0.6) is 0 Å². The lowest BCUT2D eigenvalue weighted by Gasteiger charge is -2.16. The average molecular weight is 246 g/mol. The van der Waals surface area contributed by atoms with Crippen LogP contribution in [-0.2, 0) is 6.42 Å². The molecule has 1 aromatic rings. The number of aromatic carboxylic acids is 1. The van der Waals surface area contributed by atoms with Crippen LogP contribution in [0.3, 0.4) is 0 Å². The number of carboxylic acid groups (broad SMARTS) is 1. The lowest BCUT2D eigenvalue weighted by atomic mass is 10.1. The second-order valence-corrected chi connectivity index (χ2v) is 4.05. The molecule has 1 unspecified atom stereocenters. The Hall–Kier alpha value is -2.02. The number of hydrogen-bond donors (Lipinski definition) is 2. The fourth-order valence-corrected chi connectivity index (χ4v) is 1.62. The van der Waals surface area contributed by atoms with E-state index in [1.165, 1.54) is 0 Å². The summed E-state index contributed by atoms with van der Waals surface area (Å²) in [5.74, 6) is 2.23. The topological polar surface area (TPSA) is 62.2 Å². The van der Waals surface area contributed by atoms with E-state index in [9.17, 15) is 4.79 Å². The van der Waals surface area contributed by atoms with Gasteiger partial charge >= 0.3 is 5.97 Å². The third kappa shape index (κ3) is 3.77. The number of anilines is 1. The standard InChI is InChI=1S/C14H18N2O2/c1-4-7-11(5-2)15-13-9-10(14(17)18)8-12(6-3)16-13/h1,8-9,11H,5-7H2,2-3H3,(H,15,16)(H,17,18). The molecule has 1 heterocycles. The summed E-state index contributed by atoms with van der Waals surface area (Å²) in [7, 11) is 0. The molecule has 0 aliphatic carbocycles. The van der Waals surface area contributed by atoms with Crippen LogP contribution in [0.2, 0.25) is 0 Å². The van der Waals surface area contributed by atoms with Gasteiger partial charge in [0.2, 0.25) is 0 Å². The van der Waals surface area contributed by atoms with Crippen molar-refractivity contribution in [2.75, 3.05) is 5.32 Å². The average Bonchev–Trinajstić information content (AvgIpc) is 2.37. The Morgan fingerprint density at radius 3 is 2.78 bits per heavy atom. The zero-order valence-corrected chi connectivity index (χ0v) is 10.7. The second kappa shape index (κ2) is 6.65. The summed E-state index contributed by atoms with van der Waals surface area (Å²) in [5, 5.41) is 12.2. The molecule has 0 aromatic carbocycles. The molecule has 0 fully saturated rings. The Morgan fingerprint density at radius 2 is 2.28 bits per heavy atom. The van der Waals surface area contributed by atoms with Gasteiger partial charge in [-0.3, -0.25) is 0 Å². The Labute approximate surface area is 107 Å². The van der Waals surface area contributed by atoms with Crippen molar-refractivity contribution in [2.45, 2.75) is 39.2 Å². The van der Waals surface area contributed by atoms with Gasteiger partial charge in [0, 0.05) is 18.2 Å². The van der Waals surface area contributed by atoms with Gasteiger partial charge in [0.25, 0.3) is 0 Å². The normalized spacial score (nSPS) is 11.6. The van der Waals surface area contributed by atoms with Crippen LogP contribution >= 0.6 is 0 Å². The van der Waals surface area contributed by atoms with Crippen LogP contribution in [0.15, 0.2) is 12.1 Å². The molecule has 1 aromatic heterocycles. The summed E-state index contributed by atoms with van der Waals surface area (Å²) < 4.78 is 0. The first kappa shape index (κ1) is 14.0. The predicted octanol–water partition coefficient (Wildman–Crippen LogP) is 2.56. The minimum absolute atomic E-state index is 0.122. The Balaban J connectivity index is 2.97. The molecule has 4 nitrogen and oxygen atoms in total. The van der Waals surface area contributed by atoms with Crippen LogP contribution in [0, 0.1) is 12.3 Å². The molecule has 2 N–H and O–H groups in total. The minimum atomic E-state index is -0.944. The van der Waals surface area contributed by atoms with E-state index in [4.69, 9.17) is 11.5 Å². The fraction of sp³-hybridized carbons (Fsp3) is 0.429. The highest BCUT2D eigenvalue weighted by Gasteiger charge is 2.10. The van der Waals surface area contributed by atoms with Gasteiger partial charge in [-0.1, -0.05) is 13.8 Å². The zero-order valence-electron chi connectivity index (χ0n) is 10.7. The largest absolute Gasteiger partial charge is 0.478 e. The summed E-state index contributed by atoms with van der Waals surface area (Å²) in [6.07, 6.45) is 7.44. The predicted molar refractivity (Wildman–Crippen MR) is 71.7 cm³/mol. The summed E-state index contributed by atoms with van der Waals surface area (Å²) in [4.78, 5) is 15.4. The maximum absolute atomic E-state index is 11.0. The van der Waals surface area contributed by atoms with Gasteiger partial charge in [0.05, 0.1) is 5.56 Å². The van der Waals surface area contributed by atoms with Crippen molar-refractivity contribution in [3.63, 3.8) is 0 Å². The van der Waals surface area contributed by atoms with Crippen molar-refractivity contribution in [3.8, 4) is 12.3 Å². The molecule has 0 amide bonds. The maximum atomic E-state index is 11.0. The lowest BCUT2D eigenvalue weighted by molar-refractivity contribution is 0.0696. The highest BCUT2D eigenvalue weighted by molar-refractivity contribution is 5.88. The van der Waals surface area contributed by atoms with Gasteiger partial charge < -0.3 is 10.4 Å². The first-order chi connectivity index (χ1) is 8.60. The number of carboxylic acids is 1. The Kier molecular flexibility index (Phi) is 5.19. The van der Waals surface area contributed by atoms with E-state index >= 15 is 0 Å². The van der Waals surface area contributed by atoms with Gasteiger partial charge in [-0.05, 0) is 25.0 Å². The van der Waals surface area contributed by atoms with Crippen molar-refractivity contribution >= 4 is 11.8 Å². The summed E-state index contributed by atoms with van der Waals surface area (Å²) >= 11 is 0. The van der Waals surface area contributed by atoms with E-state index in [-0.39, 0.29) is 11.6 Å². The highest BCUT2D eigenvalue weighted by atomic mass is 16.4. The fourth-order valence-electron chi connectivity index (χ4n) is 1.62. The van der Waals surface area contributed by atoms with E-state index in [0.717, 1.165) is 12.1 Å². The molecule has 0 spiro atoms. The monoisotopic (exact) mass is 246 g/mol. The van der Waals surface area contributed by atoms with Gasteiger partial charge in [-0.15, -0.1) is 12.3 Å². The lowest BCUT2D eigenvalue weighted by Crippen LogP contribution is -2.19. The first-order valence-corrected chi connectivity index (χ1v) is 6.04. The summed E-state index contributed by atoms with van der Waals surface area (Å²) in [5.41, 5.74) is 1.01. The van der Waals surface area contributed by atoms with E-state index in [2.05, 4.69) is 16.2 Å².